The van der Waals surface area contributed by atoms with Crippen LogP contribution in [0.2, 0.25) is 0 Å². The monoisotopic (exact) mass is 370 g/mol. The number of para-hydroxylation sites is 2. The number of ether oxygens (including phenoxy) is 1. The van der Waals surface area contributed by atoms with Crippen molar-refractivity contribution in [3.8, 4) is 11.5 Å². The van der Waals surface area contributed by atoms with Gasteiger partial charge in [-0.1, -0.05) is 18.2 Å². The van der Waals surface area contributed by atoms with E-state index in [4.69, 9.17) is 4.74 Å². The normalized spacial score (nSPS) is 11.1. The average Bonchev–Trinajstić information content (AvgIpc) is 2.67. The van der Waals surface area contributed by atoms with Gasteiger partial charge in [-0.3, -0.25) is 9.29 Å². The van der Waals surface area contributed by atoms with Crippen LogP contribution < -0.4 is 9.04 Å². The topological polar surface area (TPSA) is 79.7 Å². The van der Waals surface area contributed by atoms with Gasteiger partial charge in [-0.05, 0) is 48.5 Å². The maximum Gasteiger partial charge on any atom is 0.264 e. The Bertz CT molecular complexity index is 974. The minimum atomic E-state index is -3.92. The van der Waals surface area contributed by atoms with E-state index in [2.05, 4.69) is 4.98 Å². The lowest BCUT2D eigenvalue weighted by atomic mass is 10.3. The van der Waals surface area contributed by atoms with Gasteiger partial charge in [-0.25, -0.2) is 8.42 Å². The molecule has 0 saturated heterocycles. The standard InChI is InChI=1S/C19H18N2O4S/c1-25-16-9-11-17(12-10-16)26(23,24)21(14-15-6-4-5-13-20-15)18-7-2-3-8-19(18)22/h2-13,22H,14H2,1H3. The Morgan fingerprint density at radius 1 is 1.00 bits per heavy atom. The van der Waals surface area contributed by atoms with Crippen LogP contribution in [-0.4, -0.2) is 25.6 Å². The molecule has 7 heteroatoms. The van der Waals surface area contributed by atoms with Crippen LogP contribution in [0.5, 0.6) is 11.5 Å². The molecule has 1 N–H and O–H groups in total. The fourth-order valence-electron chi connectivity index (χ4n) is 2.49. The van der Waals surface area contributed by atoms with Crippen molar-refractivity contribution in [3.05, 3.63) is 78.6 Å². The lowest BCUT2D eigenvalue weighted by Gasteiger charge is -2.25. The summed E-state index contributed by atoms with van der Waals surface area (Å²) in [6.07, 6.45) is 1.60. The number of aromatic nitrogens is 1. The highest BCUT2D eigenvalue weighted by Crippen LogP contribution is 2.33. The van der Waals surface area contributed by atoms with Crippen molar-refractivity contribution in [3.63, 3.8) is 0 Å². The Balaban J connectivity index is 2.08. The minimum Gasteiger partial charge on any atom is -0.506 e. The van der Waals surface area contributed by atoms with Crippen molar-refractivity contribution in [2.75, 3.05) is 11.4 Å². The maximum absolute atomic E-state index is 13.2. The molecule has 0 radical (unpaired) electrons. The number of hydrogen-bond acceptors (Lipinski definition) is 5. The SMILES string of the molecule is COc1ccc(S(=O)(=O)N(Cc2ccccn2)c2ccccc2O)cc1. The molecule has 0 fully saturated rings. The van der Waals surface area contributed by atoms with Crippen LogP contribution in [0.15, 0.2) is 77.8 Å². The van der Waals surface area contributed by atoms with Crippen LogP contribution in [0, 0.1) is 0 Å². The number of methoxy groups -OCH3 is 1. The summed E-state index contributed by atoms with van der Waals surface area (Å²) in [6.45, 7) is -0.00717. The highest BCUT2D eigenvalue weighted by molar-refractivity contribution is 7.92. The second-order valence-corrected chi connectivity index (χ2v) is 7.36. The predicted octanol–water partition coefficient (Wildman–Crippen LogP) is 3.19. The number of pyridine rings is 1. The summed E-state index contributed by atoms with van der Waals surface area (Å²) in [4.78, 5) is 4.30. The smallest absolute Gasteiger partial charge is 0.264 e. The largest absolute Gasteiger partial charge is 0.506 e. The summed E-state index contributed by atoms with van der Waals surface area (Å²) in [5.74, 6) is 0.434. The molecule has 0 bridgehead atoms. The zero-order chi connectivity index (χ0) is 18.6. The molecule has 2 aromatic carbocycles. The van der Waals surface area contributed by atoms with Gasteiger partial charge in [-0.2, -0.15) is 0 Å². The molecule has 0 aliphatic rings. The molecule has 0 aliphatic carbocycles. The third kappa shape index (κ3) is 3.62. The second kappa shape index (κ2) is 7.45. The van der Waals surface area contributed by atoms with Crippen molar-refractivity contribution >= 4 is 15.7 Å². The molecule has 1 heterocycles. The highest BCUT2D eigenvalue weighted by Gasteiger charge is 2.27. The van der Waals surface area contributed by atoms with Gasteiger partial charge >= 0.3 is 0 Å². The Labute approximate surface area is 152 Å². The van der Waals surface area contributed by atoms with Crippen molar-refractivity contribution in [2.24, 2.45) is 0 Å². The number of phenolic OH excluding ortho intramolecular Hbond substituents is 1. The van der Waals surface area contributed by atoms with E-state index in [0.29, 0.717) is 11.4 Å². The van der Waals surface area contributed by atoms with Crippen LogP contribution in [-0.2, 0) is 16.6 Å². The van der Waals surface area contributed by atoms with Gasteiger partial charge in [0.1, 0.15) is 11.5 Å². The zero-order valence-corrected chi connectivity index (χ0v) is 14.9. The molecule has 0 aliphatic heterocycles. The lowest BCUT2D eigenvalue weighted by Crippen LogP contribution is -2.31. The van der Waals surface area contributed by atoms with E-state index in [1.54, 1.807) is 54.7 Å². The molecule has 0 spiro atoms. The summed E-state index contributed by atoms with van der Waals surface area (Å²) >= 11 is 0. The predicted molar refractivity (Wildman–Crippen MR) is 98.7 cm³/mol. The fourth-order valence-corrected chi connectivity index (χ4v) is 3.94. The van der Waals surface area contributed by atoms with Gasteiger partial charge in [0.05, 0.1) is 29.9 Å². The third-order valence-corrected chi connectivity index (χ3v) is 5.60. The van der Waals surface area contributed by atoms with E-state index in [-0.39, 0.29) is 22.9 Å². The quantitative estimate of drug-likeness (QED) is 0.721. The van der Waals surface area contributed by atoms with Gasteiger partial charge in [-0.15, -0.1) is 0 Å². The summed E-state index contributed by atoms with van der Waals surface area (Å²) in [5.41, 5.74) is 0.752. The number of nitrogens with zero attached hydrogens (tertiary/aromatic N) is 2. The number of phenols is 1. The first-order chi connectivity index (χ1) is 12.5. The Kier molecular flexibility index (Phi) is 5.09. The second-order valence-electron chi connectivity index (χ2n) is 5.50. The number of rotatable bonds is 6. The molecular formula is C19H18N2O4S. The molecule has 134 valence electrons. The van der Waals surface area contributed by atoms with E-state index in [9.17, 15) is 13.5 Å². The van der Waals surface area contributed by atoms with Gasteiger partial charge in [0.2, 0.25) is 0 Å². The van der Waals surface area contributed by atoms with Crippen molar-refractivity contribution in [2.45, 2.75) is 11.4 Å². The zero-order valence-electron chi connectivity index (χ0n) is 14.1. The van der Waals surface area contributed by atoms with Crippen LogP contribution in [0.4, 0.5) is 5.69 Å². The summed E-state index contributed by atoms with van der Waals surface area (Å²) in [7, 11) is -2.41. The Morgan fingerprint density at radius 2 is 1.69 bits per heavy atom. The molecule has 0 atom stereocenters. The third-order valence-electron chi connectivity index (χ3n) is 3.83. The number of hydrogen-bond donors (Lipinski definition) is 1. The van der Waals surface area contributed by atoms with Crippen LogP contribution in [0.1, 0.15) is 5.69 Å². The molecule has 26 heavy (non-hydrogen) atoms. The molecule has 0 unspecified atom stereocenters. The van der Waals surface area contributed by atoms with Crippen LogP contribution in [0.3, 0.4) is 0 Å². The van der Waals surface area contributed by atoms with E-state index in [1.807, 2.05) is 0 Å². The van der Waals surface area contributed by atoms with Crippen molar-refractivity contribution < 1.29 is 18.3 Å². The van der Waals surface area contributed by atoms with E-state index >= 15 is 0 Å². The number of anilines is 1. The first-order valence-corrected chi connectivity index (χ1v) is 9.31. The molecule has 0 amide bonds. The molecule has 3 aromatic rings. The van der Waals surface area contributed by atoms with Crippen LogP contribution in [0.25, 0.3) is 0 Å². The molecule has 3 rings (SSSR count). The van der Waals surface area contributed by atoms with Gasteiger partial charge in [0, 0.05) is 6.20 Å². The number of benzene rings is 2. The Morgan fingerprint density at radius 3 is 2.31 bits per heavy atom. The Hall–Kier alpha value is -3.06. The lowest BCUT2D eigenvalue weighted by molar-refractivity contribution is 0.414. The van der Waals surface area contributed by atoms with Gasteiger partial charge in [0.25, 0.3) is 10.0 Å². The van der Waals surface area contributed by atoms with E-state index in [1.165, 1.54) is 25.3 Å². The number of sulfonamides is 1. The van der Waals surface area contributed by atoms with Crippen LogP contribution >= 0.6 is 0 Å². The van der Waals surface area contributed by atoms with Crippen molar-refractivity contribution in [1.82, 2.24) is 4.98 Å². The average molecular weight is 370 g/mol. The minimum absolute atomic E-state index is 0.00717. The summed E-state index contributed by atoms with van der Waals surface area (Å²) < 4.78 is 32.7. The van der Waals surface area contributed by atoms with E-state index < -0.39 is 10.0 Å². The highest BCUT2D eigenvalue weighted by atomic mass is 32.2. The summed E-state index contributed by atoms with van der Waals surface area (Å²) in [5, 5.41) is 10.2. The van der Waals surface area contributed by atoms with Gasteiger partial charge < -0.3 is 9.84 Å². The first kappa shape index (κ1) is 17.8. The van der Waals surface area contributed by atoms with Gasteiger partial charge in [0.15, 0.2) is 0 Å². The maximum atomic E-state index is 13.2. The molecular weight excluding hydrogens is 352 g/mol. The number of aromatic hydroxyl groups is 1. The van der Waals surface area contributed by atoms with Crippen molar-refractivity contribution in [1.29, 1.82) is 0 Å². The van der Waals surface area contributed by atoms with E-state index in [0.717, 1.165) is 4.31 Å². The molecule has 0 saturated carbocycles. The molecule has 6 nitrogen and oxygen atoms in total. The first-order valence-electron chi connectivity index (χ1n) is 7.87. The summed E-state index contributed by atoms with van der Waals surface area (Å²) in [6, 6.07) is 17.7. The fraction of sp³-hybridized carbons (Fsp3) is 0.105. The molecule has 1 aromatic heterocycles.